The lowest BCUT2D eigenvalue weighted by atomic mass is 10.1. The van der Waals surface area contributed by atoms with E-state index < -0.39 is 22.1 Å². The van der Waals surface area contributed by atoms with Crippen LogP contribution in [0.4, 0.5) is 5.69 Å². The normalized spacial score (nSPS) is 10.8. The maximum Gasteiger partial charge on any atom is 0.315 e. The molecule has 9 heteroatoms. The standard InChI is InChI=1S/C17H15N3O6/c21-12-6-4-10(5-7-12)2-1-3-15-18-17(26-19-15)11-8-13(20(24)25)16(23)14(22)9-11/h4-9,21-23H,1-3H2. The number of rotatable bonds is 6. The van der Waals surface area contributed by atoms with E-state index in [1.807, 2.05) is 12.1 Å². The summed E-state index contributed by atoms with van der Waals surface area (Å²) in [6.45, 7) is 0. The van der Waals surface area contributed by atoms with Crippen molar-refractivity contribution in [3.63, 3.8) is 0 Å². The van der Waals surface area contributed by atoms with Crippen molar-refractivity contribution in [3.8, 4) is 28.7 Å². The monoisotopic (exact) mass is 357 g/mol. The van der Waals surface area contributed by atoms with Gasteiger partial charge in [0.1, 0.15) is 5.75 Å². The van der Waals surface area contributed by atoms with Crippen LogP contribution in [0, 0.1) is 10.1 Å². The Morgan fingerprint density at radius 1 is 1.08 bits per heavy atom. The second-order valence-electron chi connectivity index (χ2n) is 5.66. The van der Waals surface area contributed by atoms with Gasteiger partial charge in [-0.15, -0.1) is 0 Å². The van der Waals surface area contributed by atoms with Gasteiger partial charge in [-0.3, -0.25) is 10.1 Å². The Bertz CT molecular complexity index is 936. The molecule has 9 nitrogen and oxygen atoms in total. The zero-order valence-electron chi connectivity index (χ0n) is 13.5. The molecule has 3 aromatic rings. The Balaban J connectivity index is 1.70. The lowest BCUT2D eigenvalue weighted by molar-refractivity contribution is -0.385. The number of phenolic OH excluding ortho intramolecular Hbond substituents is 3. The third-order valence-corrected chi connectivity index (χ3v) is 3.78. The molecule has 3 rings (SSSR count). The summed E-state index contributed by atoms with van der Waals surface area (Å²) in [5, 5.41) is 43.1. The average Bonchev–Trinajstić information content (AvgIpc) is 3.07. The van der Waals surface area contributed by atoms with Crippen LogP contribution in [0.25, 0.3) is 11.5 Å². The molecule has 0 aliphatic rings. The smallest absolute Gasteiger partial charge is 0.315 e. The van der Waals surface area contributed by atoms with Gasteiger partial charge in [0.25, 0.3) is 5.89 Å². The van der Waals surface area contributed by atoms with Gasteiger partial charge in [0, 0.05) is 12.5 Å². The first-order valence-electron chi connectivity index (χ1n) is 7.75. The highest BCUT2D eigenvalue weighted by atomic mass is 16.6. The molecule has 3 N–H and O–H groups in total. The van der Waals surface area contributed by atoms with E-state index in [4.69, 9.17) is 4.52 Å². The van der Waals surface area contributed by atoms with Crippen LogP contribution in [0.1, 0.15) is 17.8 Å². The predicted octanol–water partition coefficient (Wildman–Crippen LogP) is 2.94. The van der Waals surface area contributed by atoms with Gasteiger partial charge in [0.2, 0.25) is 5.75 Å². The third-order valence-electron chi connectivity index (χ3n) is 3.78. The second-order valence-corrected chi connectivity index (χ2v) is 5.66. The molecule has 1 aromatic heterocycles. The summed E-state index contributed by atoms with van der Waals surface area (Å²) in [6.07, 6.45) is 2.02. The molecule has 134 valence electrons. The van der Waals surface area contributed by atoms with Crippen molar-refractivity contribution < 1.29 is 24.8 Å². The first-order chi connectivity index (χ1) is 12.4. The molecule has 0 saturated heterocycles. The van der Waals surface area contributed by atoms with Crippen LogP contribution in [0.2, 0.25) is 0 Å². The van der Waals surface area contributed by atoms with E-state index in [1.165, 1.54) is 0 Å². The summed E-state index contributed by atoms with van der Waals surface area (Å²) in [5.74, 6) is -0.798. The summed E-state index contributed by atoms with van der Waals surface area (Å²) < 4.78 is 5.09. The molecule has 0 saturated carbocycles. The highest BCUT2D eigenvalue weighted by Gasteiger charge is 2.21. The Morgan fingerprint density at radius 2 is 1.81 bits per heavy atom. The van der Waals surface area contributed by atoms with E-state index in [0.29, 0.717) is 12.2 Å². The molecule has 0 radical (unpaired) electrons. The van der Waals surface area contributed by atoms with Crippen LogP contribution < -0.4 is 0 Å². The molecule has 0 aliphatic heterocycles. The zero-order valence-corrected chi connectivity index (χ0v) is 13.5. The van der Waals surface area contributed by atoms with Crippen molar-refractivity contribution in [3.05, 3.63) is 57.9 Å². The summed E-state index contributed by atoms with van der Waals surface area (Å²) >= 11 is 0. The Kier molecular flexibility index (Phi) is 4.70. The number of phenols is 3. The molecule has 2 aromatic carbocycles. The van der Waals surface area contributed by atoms with Crippen molar-refractivity contribution in [1.82, 2.24) is 10.1 Å². The molecule has 26 heavy (non-hydrogen) atoms. The van der Waals surface area contributed by atoms with Gasteiger partial charge in [0.05, 0.1) is 10.5 Å². The first kappa shape index (κ1) is 17.2. The third kappa shape index (κ3) is 3.72. The number of nitrogens with zero attached hydrogens (tertiary/aromatic N) is 3. The molecule has 0 spiro atoms. The number of aromatic nitrogens is 2. The predicted molar refractivity (Wildman–Crippen MR) is 89.8 cm³/mol. The quantitative estimate of drug-likeness (QED) is 0.347. The topological polar surface area (TPSA) is 143 Å². The number of aryl methyl sites for hydroxylation is 2. The fraction of sp³-hybridized carbons (Fsp3) is 0.176. The minimum absolute atomic E-state index is 0.0167. The van der Waals surface area contributed by atoms with Crippen molar-refractivity contribution in [2.45, 2.75) is 19.3 Å². The minimum Gasteiger partial charge on any atom is -0.508 e. The van der Waals surface area contributed by atoms with Crippen molar-refractivity contribution in [1.29, 1.82) is 0 Å². The van der Waals surface area contributed by atoms with Gasteiger partial charge in [-0.2, -0.15) is 4.98 Å². The molecule has 1 heterocycles. The maximum absolute atomic E-state index is 10.9. The second kappa shape index (κ2) is 7.09. The highest BCUT2D eigenvalue weighted by molar-refractivity contribution is 5.67. The number of hydrogen-bond acceptors (Lipinski definition) is 8. The molecule has 0 aliphatic carbocycles. The van der Waals surface area contributed by atoms with E-state index in [-0.39, 0.29) is 17.2 Å². The molecule has 0 atom stereocenters. The summed E-state index contributed by atoms with van der Waals surface area (Å²) in [6, 6.07) is 9.07. The number of nitro groups is 1. The number of aromatic hydroxyl groups is 3. The Hall–Kier alpha value is -3.62. The highest BCUT2D eigenvalue weighted by Crippen LogP contribution is 2.38. The maximum atomic E-state index is 10.9. The molecule has 0 amide bonds. The van der Waals surface area contributed by atoms with E-state index in [2.05, 4.69) is 10.1 Å². The van der Waals surface area contributed by atoms with Crippen molar-refractivity contribution in [2.75, 3.05) is 0 Å². The molecule has 0 fully saturated rings. The van der Waals surface area contributed by atoms with Gasteiger partial charge in [-0.1, -0.05) is 17.3 Å². The fourth-order valence-electron chi connectivity index (χ4n) is 2.45. The van der Waals surface area contributed by atoms with E-state index in [1.54, 1.807) is 12.1 Å². The number of benzene rings is 2. The zero-order chi connectivity index (χ0) is 18.7. The van der Waals surface area contributed by atoms with Crippen molar-refractivity contribution >= 4 is 5.69 Å². The van der Waals surface area contributed by atoms with E-state index in [9.17, 15) is 25.4 Å². The molecule has 0 bridgehead atoms. The van der Waals surface area contributed by atoms with Gasteiger partial charge >= 0.3 is 5.69 Å². The average molecular weight is 357 g/mol. The van der Waals surface area contributed by atoms with E-state index >= 15 is 0 Å². The molecular weight excluding hydrogens is 342 g/mol. The van der Waals surface area contributed by atoms with Gasteiger partial charge in [-0.05, 0) is 36.6 Å². The Morgan fingerprint density at radius 3 is 2.50 bits per heavy atom. The summed E-state index contributed by atoms with van der Waals surface area (Å²) in [4.78, 5) is 14.3. The Labute approximate surface area is 147 Å². The largest absolute Gasteiger partial charge is 0.508 e. The summed E-state index contributed by atoms with van der Waals surface area (Å²) in [7, 11) is 0. The van der Waals surface area contributed by atoms with Gasteiger partial charge < -0.3 is 19.8 Å². The lowest BCUT2D eigenvalue weighted by Gasteiger charge is -2.01. The van der Waals surface area contributed by atoms with Crippen LogP contribution in [0.3, 0.4) is 0 Å². The van der Waals surface area contributed by atoms with Crippen LogP contribution >= 0.6 is 0 Å². The fourth-order valence-corrected chi connectivity index (χ4v) is 2.45. The van der Waals surface area contributed by atoms with Crippen LogP contribution in [0.5, 0.6) is 17.2 Å². The van der Waals surface area contributed by atoms with Crippen molar-refractivity contribution in [2.24, 2.45) is 0 Å². The molecule has 0 unspecified atom stereocenters. The SMILES string of the molecule is O=[N+]([O-])c1cc(-c2nc(CCCc3ccc(O)cc3)no2)cc(O)c1O. The number of hydrogen-bond donors (Lipinski definition) is 3. The minimum atomic E-state index is -0.813. The lowest BCUT2D eigenvalue weighted by Crippen LogP contribution is -1.93. The van der Waals surface area contributed by atoms with Gasteiger partial charge in [0.15, 0.2) is 11.6 Å². The van der Waals surface area contributed by atoms with Crippen LogP contribution in [-0.4, -0.2) is 30.4 Å². The van der Waals surface area contributed by atoms with Crippen LogP contribution in [0.15, 0.2) is 40.9 Å². The van der Waals surface area contributed by atoms with Crippen LogP contribution in [-0.2, 0) is 12.8 Å². The summed E-state index contributed by atoms with van der Waals surface area (Å²) in [5.41, 5.74) is 0.557. The number of nitro benzene ring substituents is 1. The first-order valence-corrected chi connectivity index (χ1v) is 7.75. The van der Waals surface area contributed by atoms with E-state index in [0.717, 1.165) is 30.5 Å². The van der Waals surface area contributed by atoms with Gasteiger partial charge in [-0.25, -0.2) is 0 Å². The molecular formula is C17H15N3O6.